The number of piperidine rings is 1. The third-order valence-corrected chi connectivity index (χ3v) is 6.44. The van der Waals surface area contributed by atoms with Gasteiger partial charge in [0.05, 0.1) is 16.6 Å². The Kier molecular flexibility index (Phi) is 5.32. The van der Waals surface area contributed by atoms with Gasteiger partial charge in [-0.2, -0.15) is 0 Å². The fourth-order valence-corrected chi connectivity index (χ4v) is 4.45. The van der Waals surface area contributed by atoms with Gasteiger partial charge in [-0.05, 0) is 67.2 Å². The Hall–Kier alpha value is -2.80. The minimum Gasteiger partial charge on any atom is -0.338 e. The molecule has 2 aromatic carbocycles. The molecule has 1 N–H and O–H groups in total. The van der Waals surface area contributed by atoms with Crippen LogP contribution in [0.2, 0.25) is 0 Å². The number of carbonyl (C=O) groups excluding carboxylic acids is 1. The predicted octanol–water partition coefficient (Wildman–Crippen LogP) is 4.84. The number of aromatic nitrogens is 2. The molecule has 4 rings (SSSR count). The number of amides is 1. The maximum Gasteiger partial charge on any atom is 0.266 e. The van der Waals surface area contributed by atoms with Crippen molar-refractivity contribution in [2.24, 2.45) is 5.41 Å². The zero-order valence-corrected chi connectivity index (χ0v) is 17.9. The first-order chi connectivity index (χ1) is 14.3. The monoisotopic (exact) mass is 425 g/mol. The summed E-state index contributed by atoms with van der Waals surface area (Å²) >= 11 is 5.33. The third-order valence-electron chi connectivity index (χ3n) is 6.16. The molecule has 1 aliphatic rings. The largest absolute Gasteiger partial charge is 0.338 e. The topological polar surface area (TPSA) is 58.1 Å². The molecule has 0 bridgehead atoms. The number of benzene rings is 2. The molecule has 0 unspecified atom stereocenters. The SMILES string of the molecule is CC[C@@]1(C)CCCN(C(=O)c2ccc3c(=O)n(-c4ccccc4F)c(=S)[nH]c3c2)C1. The Balaban J connectivity index is 1.75. The number of rotatable bonds is 3. The number of fused-ring (bicyclic) bond motifs is 1. The van der Waals surface area contributed by atoms with E-state index < -0.39 is 11.4 Å². The van der Waals surface area contributed by atoms with Crippen LogP contribution in [0.3, 0.4) is 0 Å². The number of carbonyl (C=O) groups is 1. The van der Waals surface area contributed by atoms with Gasteiger partial charge >= 0.3 is 0 Å². The van der Waals surface area contributed by atoms with Gasteiger partial charge in [0.2, 0.25) is 0 Å². The van der Waals surface area contributed by atoms with Crippen molar-refractivity contribution in [3.8, 4) is 5.69 Å². The van der Waals surface area contributed by atoms with Crippen molar-refractivity contribution in [3.05, 3.63) is 69.0 Å². The summed E-state index contributed by atoms with van der Waals surface area (Å²) in [6.45, 7) is 5.84. The Morgan fingerprint density at radius 2 is 2.03 bits per heavy atom. The lowest BCUT2D eigenvalue weighted by molar-refractivity contribution is 0.0543. The van der Waals surface area contributed by atoms with E-state index in [1.165, 1.54) is 12.1 Å². The van der Waals surface area contributed by atoms with Gasteiger partial charge in [0, 0.05) is 18.7 Å². The van der Waals surface area contributed by atoms with Gasteiger partial charge in [-0.1, -0.05) is 26.0 Å². The first kappa shape index (κ1) is 20.5. The Morgan fingerprint density at radius 3 is 2.77 bits per heavy atom. The summed E-state index contributed by atoms with van der Waals surface area (Å²) in [5.41, 5.74) is 0.792. The van der Waals surface area contributed by atoms with E-state index in [1.54, 1.807) is 30.3 Å². The lowest BCUT2D eigenvalue weighted by Crippen LogP contribution is -2.44. The summed E-state index contributed by atoms with van der Waals surface area (Å²) in [5, 5.41) is 0.348. The first-order valence-electron chi connectivity index (χ1n) is 10.2. The van der Waals surface area contributed by atoms with E-state index in [1.807, 2.05) is 4.90 Å². The lowest BCUT2D eigenvalue weighted by Gasteiger charge is -2.40. The fraction of sp³-hybridized carbons (Fsp3) is 0.348. The molecule has 1 aromatic heterocycles. The maximum absolute atomic E-state index is 14.2. The quantitative estimate of drug-likeness (QED) is 0.611. The second-order valence-electron chi connectivity index (χ2n) is 8.28. The average molecular weight is 426 g/mol. The van der Waals surface area contributed by atoms with Crippen LogP contribution in [0, 0.1) is 16.0 Å². The van der Waals surface area contributed by atoms with Gasteiger partial charge < -0.3 is 9.88 Å². The number of halogens is 1. The Bertz CT molecular complexity index is 1250. The van der Waals surface area contributed by atoms with Gasteiger partial charge in [-0.3, -0.25) is 9.59 Å². The van der Waals surface area contributed by atoms with Crippen LogP contribution < -0.4 is 5.56 Å². The van der Waals surface area contributed by atoms with E-state index in [4.69, 9.17) is 12.2 Å². The van der Waals surface area contributed by atoms with E-state index in [0.717, 1.165) is 36.9 Å². The molecule has 7 heteroatoms. The molecule has 0 saturated carbocycles. The van der Waals surface area contributed by atoms with Crippen molar-refractivity contribution in [2.45, 2.75) is 33.1 Å². The number of H-pyrrole nitrogens is 1. The first-order valence-corrected chi connectivity index (χ1v) is 10.6. The minimum atomic E-state index is -0.533. The van der Waals surface area contributed by atoms with Crippen molar-refractivity contribution >= 4 is 29.0 Å². The number of likely N-dealkylation sites (tertiary alicyclic amines) is 1. The molecular weight excluding hydrogens is 401 g/mol. The molecule has 3 aromatic rings. The van der Waals surface area contributed by atoms with Crippen molar-refractivity contribution in [1.82, 2.24) is 14.5 Å². The van der Waals surface area contributed by atoms with Gasteiger partial charge in [0.25, 0.3) is 11.5 Å². The maximum atomic E-state index is 14.2. The third kappa shape index (κ3) is 3.58. The van der Waals surface area contributed by atoms with Crippen molar-refractivity contribution < 1.29 is 9.18 Å². The summed E-state index contributed by atoms with van der Waals surface area (Å²) in [5.74, 6) is -0.580. The second kappa shape index (κ2) is 7.80. The number of nitrogens with zero attached hydrogens (tertiary/aromatic N) is 2. The van der Waals surface area contributed by atoms with Gasteiger partial charge in [-0.15, -0.1) is 0 Å². The van der Waals surface area contributed by atoms with Crippen LogP contribution in [0.25, 0.3) is 16.6 Å². The zero-order chi connectivity index (χ0) is 21.5. The lowest BCUT2D eigenvalue weighted by atomic mass is 9.79. The van der Waals surface area contributed by atoms with E-state index in [2.05, 4.69) is 18.8 Å². The van der Waals surface area contributed by atoms with Gasteiger partial charge in [-0.25, -0.2) is 8.96 Å². The van der Waals surface area contributed by atoms with E-state index in [-0.39, 0.29) is 21.8 Å². The molecule has 1 saturated heterocycles. The van der Waals surface area contributed by atoms with Crippen LogP contribution in [0.1, 0.15) is 43.5 Å². The number of hydrogen-bond acceptors (Lipinski definition) is 3. The van der Waals surface area contributed by atoms with Crippen LogP contribution in [0.5, 0.6) is 0 Å². The molecule has 0 spiro atoms. The number of aromatic amines is 1. The normalized spacial score (nSPS) is 19.2. The molecule has 1 amide bonds. The van der Waals surface area contributed by atoms with Crippen LogP contribution in [-0.2, 0) is 0 Å². The number of para-hydroxylation sites is 1. The molecule has 1 atom stereocenters. The highest BCUT2D eigenvalue weighted by molar-refractivity contribution is 7.71. The minimum absolute atomic E-state index is 0.0473. The van der Waals surface area contributed by atoms with Crippen molar-refractivity contribution in [3.63, 3.8) is 0 Å². The molecule has 5 nitrogen and oxygen atoms in total. The molecule has 1 fully saturated rings. The predicted molar refractivity (Wildman–Crippen MR) is 118 cm³/mol. The molecule has 0 radical (unpaired) electrons. The van der Waals surface area contributed by atoms with Crippen LogP contribution in [-0.4, -0.2) is 33.4 Å². The van der Waals surface area contributed by atoms with Crippen LogP contribution in [0.15, 0.2) is 47.3 Å². The zero-order valence-electron chi connectivity index (χ0n) is 17.1. The van der Waals surface area contributed by atoms with Crippen molar-refractivity contribution in [1.29, 1.82) is 0 Å². The molecule has 1 aliphatic heterocycles. The molecular formula is C23H24FN3O2S. The summed E-state index contributed by atoms with van der Waals surface area (Å²) in [4.78, 5) is 31.0. The summed E-state index contributed by atoms with van der Waals surface area (Å²) in [6, 6.07) is 10.9. The van der Waals surface area contributed by atoms with Crippen molar-refractivity contribution in [2.75, 3.05) is 13.1 Å². The summed E-state index contributed by atoms with van der Waals surface area (Å²) < 4.78 is 15.5. The molecule has 156 valence electrons. The Morgan fingerprint density at radius 1 is 1.27 bits per heavy atom. The second-order valence-corrected chi connectivity index (χ2v) is 8.66. The highest BCUT2D eigenvalue weighted by Gasteiger charge is 2.32. The van der Waals surface area contributed by atoms with E-state index >= 15 is 0 Å². The summed E-state index contributed by atoms with van der Waals surface area (Å²) in [6.07, 6.45) is 3.13. The number of hydrogen-bond donors (Lipinski definition) is 1. The fourth-order valence-electron chi connectivity index (χ4n) is 4.16. The molecule has 0 aliphatic carbocycles. The van der Waals surface area contributed by atoms with E-state index in [0.29, 0.717) is 16.5 Å². The molecule has 30 heavy (non-hydrogen) atoms. The Labute approximate surface area is 179 Å². The number of nitrogens with one attached hydrogen (secondary N) is 1. The van der Waals surface area contributed by atoms with Gasteiger partial charge in [0.1, 0.15) is 5.82 Å². The summed E-state index contributed by atoms with van der Waals surface area (Å²) in [7, 11) is 0. The molecule has 2 heterocycles. The van der Waals surface area contributed by atoms with Gasteiger partial charge in [0.15, 0.2) is 4.77 Å². The highest BCUT2D eigenvalue weighted by Crippen LogP contribution is 2.33. The van der Waals surface area contributed by atoms with Crippen LogP contribution in [0.4, 0.5) is 4.39 Å². The van der Waals surface area contributed by atoms with E-state index in [9.17, 15) is 14.0 Å². The highest BCUT2D eigenvalue weighted by atomic mass is 32.1. The smallest absolute Gasteiger partial charge is 0.266 e. The standard InChI is InChI=1S/C23H24FN3O2S/c1-3-23(2)11-6-12-26(14-23)20(28)15-9-10-16-18(13-15)25-22(30)27(21(16)29)19-8-5-4-7-17(19)24/h4-5,7-10,13H,3,6,11-12,14H2,1-2H3,(H,25,30)/t23-/m0/s1. The van der Waals surface area contributed by atoms with Crippen LogP contribution >= 0.6 is 12.2 Å². The average Bonchev–Trinajstić information content (AvgIpc) is 2.74.